The Morgan fingerprint density at radius 1 is 1.14 bits per heavy atom. The average Bonchev–Trinajstić information content (AvgIpc) is 3.56. The van der Waals surface area contributed by atoms with Gasteiger partial charge in [-0.3, -0.25) is 14.4 Å². The van der Waals surface area contributed by atoms with Crippen LogP contribution in [0.2, 0.25) is 10.0 Å². The van der Waals surface area contributed by atoms with Crippen molar-refractivity contribution in [2.75, 3.05) is 43.5 Å². The highest BCUT2D eigenvalue weighted by atomic mass is 35.5. The smallest absolute Gasteiger partial charge is 0.262 e. The fourth-order valence-corrected chi connectivity index (χ4v) is 4.05. The molecule has 184 valence electrons. The van der Waals surface area contributed by atoms with Gasteiger partial charge in [-0.05, 0) is 25.0 Å². The number of carbonyl (C=O) groups excluding carboxylic acids is 1. The van der Waals surface area contributed by atoms with Crippen LogP contribution in [-0.2, 0) is 11.3 Å². The first-order valence-corrected chi connectivity index (χ1v) is 12.2. The fourth-order valence-electron chi connectivity index (χ4n) is 3.56. The molecule has 3 aromatic rings. The Morgan fingerprint density at radius 3 is 2.66 bits per heavy atom. The highest BCUT2D eigenvalue weighted by molar-refractivity contribution is 6.40. The number of anilines is 3. The van der Waals surface area contributed by atoms with Crippen molar-refractivity contribution in [1.29, 1.82) is 0 Å². The minimum Gasteiger partial charge on any atom is -0.474 e. The van der Waals surface area contributed by atoms with E-state index < -0.39 is 5.91 Å². The van der Waals surface area contributed by atoms with Gasteiger partial charge in [-0.15, -0.1) is 0 Å². The van der Waals surface area contributed by atoms with Crippen LogP contribution in [0.1, 0.15) is 23.2 Å². The fraction of sp³-hybridized carbons (Fsp3) is 0.391. The Bertz CT molecular complexity index is 1180. The van der Waals surface area contributed by atoms with Crippen molar-refractivity contribution >= 4 is 46.4 Å². The number of hydrogen-bond donors (Lipinski definition) is 2. The van der Waals surface area contributed by atoms with Gasteiger partial charge in [0.1, 0.15) is 11.7 Å². The maximum atomic E-state index is 13.0. The number of aromatic nitrogens is 4. The normalized spacial score (nSPS) is 16.2. The minimum atomic E-state index is -0.460. The standard InChI is InChI=1S/C23H25Cl2N7O3/c24-18-2-1-3-19(25)20(18)29-21(33)17-13-26-23(30-22(17)35-16-4-5-16)28-15-12-27-32(14-15)7-6-31-8-10-34-11-9-31/h1-3,12-14,16H,4-11H2,(H,29,33)(H,26,28,30). The van der Waals surface area contributed by atoms with Crippen molar-refractivity contribution in [3.8, 4) is 5.88 Å². The van der Waals surface area contributed by atoms with Crippen molar-refractivity contribution in [3.63, 3.8) is 0 Å². The number of nitrogens with zero attached hydrogens (tertiary/aromatic N) is 5. The predicted octanol–water partition coefficient (Wildman–Crippen LogP) is 3.85. The van der Waals surface area contributed by atoms with Gasteiger partial charge in [0.25, 0.3) is 5.91 Å². The molecule has 0 spiro atoms. The van der Waals surface area contributed by atoms with Gasteiger partial charge in [-0.1, -0.05) is 29.3 Å². The van der Waals surface area contributed by atoms with Gasteiger partial charge in [-0.25, -0.2) is 4.98 Å². The molecule has 1 aromatic carbocycles. The topological polar surface area (TPSA) is 106 Å². The molecule has 35 heavy (non-hydrogen) atoms. The number of rotatable bonds is 9. The molecule has 10 nitrogen and oxygen atoms in total. The number of halogens is 2. The van der Waals surface area contributed by atoms with E-state index in [1.807, 2.05) is 10.9 Å². The Morgan fingerprint density at radius 2 is 1.91 bits per heavy atom. The average molecular weight is 518 g/mol. The molecule has 1 saturated carbocycles. The maximum Gasteiger partial charge on any atom is 0.262 e. The van der Waals surface area contributed by atoms with Crippen LogP contribution >= 0.6 is 23.2 Å². The van der Waals surface area contributed by atoms with Crippen molar-refractivity contribution in [2.24, 2.45) is 0 Å². The van der Waals surface area contributed by atoms with Crippen LogP contribution in [0.3, 0.4) is 0 Å². The molecule has 2 aromatic heterocycles. The minimum absolute atomic E-state index is 0.0381. The molecular weight excluding hydrogens is 493 g/mol. The summed E-state index contributed by atoms with van der Waals surface area (Å²) in [7, 11) is 0. The van der Waals surface area contributed by atoms with Gasteiger partial charge in [0.2, 0.25) is 11.8 Å². The maximum absolute atomic E-state index is 13.0. The van der Waals surface area contributed by atoms with E-state index in [0.717, 1.165) is 57.9 Å². The van der Waals surface area contributed by atoms with E-state index in [0.29, 0.717) is 21.7 Å². The van der Waals surface area contributed by atoms with E-state index in [-0.39, 0.29) is 17.5 Å². The molecule has 12 heteroatoms. The number of carbonyl (C=O) groups is 1. The Kier molecular flexibility index (Phi) is 7.33. The second-order valence-corrected chi connectivity index (χ2v) is 9.17. The molecule has 3 heterocycles. The lowest BCUT2D eigenvalue weighted by Crippen LogP contribution is -2.38. The summed E-state index contributed by atoms with van der Waals surface area (Å²) < 4.78 is 13.2. The summed E-state index contributed by atoms with van der Waals surface area (Å²) in [5.41, 5.74) is 1.26. The number of ether oxygens (including phenoxy) is 2. The van der Waals surface area contributed by atoms with Crippen molar-refractivity contribution < 1.29 is 14.3 Å². The van der Waals surface area contributed by atoms with Crippen LogP contribution in [-0.4, -0.2) is 69.5 Å². The summed E-state index contributed by atoms with van der Waals surface area (Å²) in [4.78, 5) is 24.1. The molecule has 1 amide bonds. The zero-order valence-electron chi connectivity index (χ0n) is 18.9. The van der Waals surface area contributed by atoms with Crippen LogP contribution in [0.25, 0.3) is 0 Å². The first-order chi connectivity index (χ1) is 17.0. The quantitative estimate of drug-likeness (QED) is 0.440. The SMILES string of the molecule is O=C(Nc1c(Cl)cccc1Cl)c1cnc(Nc2cnn(CCN3CCOCC3)c2)nc1OC1CC1. The van der Waals surface area contributed by atoms with E-state index in [9.17, 15) is 4.79 Å². The largest absolute Gasteiger partial charge is 0.474 e. The zero-order chi connectivity index (χ0) is 24.2. The summed E-state index contributed by atoms with van der Waals surface area (Å²) in [6.07, 6.45) is 6.90. The van der Waals surface area contributed by atoms with Crippen LogP contribution < -0.4 is 15.4 Å². The predicted molar refractivity (Wildman–Crippen MR) is 133 cm³/mol. The highest BCUT2D eigenvalue weighted by Gasteiger charge is 2.28. The van der Waals surface area contributed by atoms with Gasteiger partial charge in [0.05, 0.1) is 47.4 Å². The second kappa shape index (κ2) is 10.8. The van der Waals surface area contributed by atoms with Gasteiger partial charge < -0.3 is 20.1 Å². The molecule has 2 N–H and O–H groups in total. The summed E-state index contributed by atoms with van der Waals surface area (Å²) in [5.74, 6) is 0.0456. The Balaban J connectivity index is 1.27. The molecule has 1 saturated heterocycles. The number of morpholine rings is 1. The molecular formula is C23H25Cl2N7O3. The third-order valence-corrected chi connectivity index (χ3v) is 6.27. The molecule has 0 atom stereocenters. The molecule has 0 radical (unpaired) electrons. The lowest BCUT2D eigenvalue weighted by Gasteiger charge is -2.26. The Labute approximate surface area is 212 Å². The lowest BCUT2D eigenvalue weighted by molar-refractivity contribution is 0.0360. The number of hydrogen-bond acceptors (Lipinski definition) is 8. The van der Waals surface area contributed by atoms with Crippen LogP contribution in [0.5, 0.6) is 5.88 Å². The van der Waals surface area contributed by atoms with Crippen LogP contribution in [0.15, 0.2) is 36.8 Å². The molecule has 1 aliphatic carbocycles. The summed E-state index contributed by atoms with van der Waals surface area (Å²) >= 11 is 12.4. The molecule has 2 aliphatic rings. The van der Waals surface area contributed by atoms with Gasteiger partial charge >= 0.3 is 0 Å². The van der Waals surface area contributed by atoms with Crippen molar-refractivity contribution in [3.05, 3.63) is 52.4 Å². The first-order valence-electron chi connectivity index (χ1n) is 11.4. The van der Waals surface area contributed by atoms with E-state index in [4.69, 9.17) is 32.7 Å². The Hall–Kier alpha value is -2.92. The summed E-state index contributed by atoms with van der Waals surface area (Å²) in [6, 6.07) is 5.00. The molecule has 5 rings (SSSR count). The van der Waals surface area contributed by atoms with Gasteiger partial charge in [0, 0.05) is 32.0 Å². The first kappa shape index (κ1) is 23.8. The summed E-state index contributed by atoms with van der Waals surface area (Å²) in [6.45, 7) is 5.09. The molecule has 0 unspecified atom stereocenters. The van der Waals surface area contributed by atoms with E-state index in [1.54, 1.807) is 24.4 Å². The number of benzene rings is 1. The summed E-state index contributed by atoms with van der Waals surface area (Å²) in [5, 5.41) is 10.9. The monoisotopic (exact) mass is 517 g/mol. The molecule has 0 bridgehead atoms. The van der Waals surface area contributed by atoms with Gasteiger partial charge in [-0.2, -0.15) is 10.1 Å². The van der Waals surface area contributed by atoms with E-state index >= 15 is 0 Å². The second-order valence-electron chi connectivity index (χ2n) is 8.35. The van der Waals surface area contributed by atoms with Crippen molar-refractivity contribution in [2.45, 2.75) is 25.5 Å². The molecule has 1 aliphatic heterocycles. The third kappa shape index (κ3) is 6.21. The third-order valence-electron chi connectivity index (χ3n) is 5.64. The van der Waals surface area contributed by atoms with Crippen LogP contribution in [0.4, 0.5) is 17.3 Å². The lowest BCUT2D eigenvalue weighted by atomic mass is 10.2. The number of nitrogens with one attached hydrogen (secondary N) is 2. The number of amides is 1. The number of para-hydroxylation sites is 1. The van der Waals surface area contributed by atoms with Gasteiger partial charge in [0.15, 0.2) is 0 Å². The highest BCUT2D eigenvalue weighted by Crippen LogP contribution is 2.32. The van der Waals surface area contributed by atoms with Crippen LogP contribution in [0, 0.1) is 0 Å². The van der Waals surface area contributed by atoms with Crippen molar-refractivity contribution in [1.82, 2.24) is 24.6 Å². The van der Waals surface area contributed by atoms with E-state index in [1.165, 1.54) is 6.20 Å². The molecule has 2 fully saturated rings. The zero-order valence-corrected chi connectivity index (χ0v) is 20.4. The van der Waals surface area contributed by atoms with E-state index in [2.05, 4.69) is 30.6 Å².